The van der Waals surface area contributed by atoms with Gasteiger partial charge in [-0.15, -0.1) is 0 Å². The topological polar surface area (TPSA) is 49.8 Å². The fourth-order valence-corrected chi connectivity index (χ4v) is 1.96. The van der Waals surface area contributed by atoms with Crippen LogP contribution < -0.4 is 10.6 Å². The van der Waals surface area contributed by atoms with E-state index in [4.69, 9.17) is 11.6 Å². The molecule has 1 aromatic carbocycles. The zero-order chi connectivity index (χ0) is 17.3. The molecule has 2 aromatic rings. The van der Waals surface area contributed by atoms with Gasteiger partial charge in [0.25, 0.3) is 0 Å². The average molecular weight is 345 g/mol. The molecule has 0 aliphatic heterocycles. The third kappa shape index (κ3) is 4.99. The van der Waals surface area contributed by atoms with E-state index in [2.05, 4.69) is 20.6 Å². The molecule has 4 nitrogen and oxygen atoms in total. The van der Waals surface area contributed by atoms with Gasteiger partial charge >= 0.3 is 6.18 Å². The third-order valence-electron chi connectivity index (χ3n) is 2.70. The molecule has 0 fully saturated rings. The van der Waals surface area contributed by atoms with E-state index >= 15 is 0 Å². The molecule has 124 valence electrons. The molecular formula is C15H16ClF3N4. The van der Waals surface area contributed by atoms with Crippen molar-refractivity contribution in [3.8, 4) is 0 Å². The summed E-state index contributed by atoms with van der Waals surface area (Å²) < 4.78 is 38.3. The van der Waals surface area contributed by atoms with Gasteiger partial charge in [-0.3, -0.25) is 0 Å². The number of anilines is 3. The summed E-state index contributed by atoms with van der Waals surface area (Å²) in [6.45, 7) is 5.89. The fraction of sp³-hybridized carbons (Fsp3) is 0.333. The molecule has 1 aromatic heterocycles. The minimum absolute atomic E-state index is 0.0920. The van der Waals surface area contributed by atoms with E-state index in [0.717, 1.165) is 12.1 Å². The van der Waals surface area contributed by atoms with E-state index in [1.54, 1.807) is 6.07 Å². The van der Waals surface area contributed by atoms with Gasteiger partial charge in [0.1, 0.15) is 5.82 Å². The first-order valence-corrected chi connectivity index (χ1v) is 7.17. The third-order valence-corrected chi connectivity index (χ3v) is 3.03. The number of alkyl halides is 3. The predicted molar refractivity (Wildman–Crippen MR) is 85.1 cm³/mol. The summed E-state index contributed by atoms with van der Waals surface area (Å²) in [6, 6.07) is 4.70. The number of halogens is 4. The minimum atomic E-state index is -4.45. The highest BCUT2D eigenvalue weighted by Gasteiger charge is 2.31. The summed E-state index contributed by atoms with van der Waals surface area (Å²) in [7, 11) is 0. The van der Waals surface area contributed by atoms with Crippen LogP contribution in [0.25, 0.3) is 0 Å². The Morgan fingerprint density at radius 2 is 1.78 bits per heavy atom. The summed E-state index contributed by atoms with van der Waals surface area (Å²) in [5.74, 6) is 0.707. The summed E-state index contributed by atoms with van der Waals surface area (Å²) in [5, 5.41) is 6.02. The Morgan fingerprint density at radius 1 is 1.09 bits per heavy atom. The molecule has 0 amide bonds. The second kappa shape index (κ2) is 6.23. The Kier molecular flexibility index (Phi) is 4.70. The van der Waals surface area contributed by atoms with Crippen LogP contribution in [-0.2, 0) is 6.18 Å². The van der Waals surface area contributed by atoms with Crippen LogP contribution in [0.1, 0.15) is 26.3 Å². The quantitative estimate of drug-likeness (QED) is 0.813. The van der Waals surface area contributed by atoms with E-state index in [9.17, 15) is 13.2 Å². The Balaban J connectivity index is 2.27. The zero-order valence-electron chi connectivity index (χ0n) is 12.8. The minimum Gasteiger partial charge on any atom is -0.365 e. The maximum absolute atomic E-state index is 12.8. The van der Waals surface area contributed by atoms with E-state index in [1.165, 1.54) is 12.3 Å². The first-order valence-electron chi connectivity index (χ1n) is 6.79. The lowest BCUT2D eigenvalue weighted by molar-refractivity contribution is -0.137. The highest BCUT2D eigenvalue weighted by Crippen LogP contribution is 2.34. The van der Waals surface area contributed by atoms with Crippen LogP contribution in [0.3, 0.4) is 0 Å². The standard InChI is InChI=1S/C15H16ClF3N4/c1-14(2,3)23-12-6-7-20-13(22-12)21-11-8-9(15(17,18)19)4-5-10(11)16/h4-8H,1-3H3,(H2,20,21,22,23). The van der Waals surface area contributed by atoms with Crippen molar-refractivity contribution in [1.29, 1.82) is 0 Å². The summed E-state index contributed by atoms with van der Waals surface area (Å²) in [6.07, 6.45) is -2.94. The first kappa shape index (κ1) is 17.3. The first-order chi connectivity index (χ1) is 10.5. The second-order valence-corrected chi connectivity index (χ2v) is 6.37. The molecule has 0 radical (unpaired) electrons. The molecule has 0 spiro atoms. The van der Waals surface area contributed by atoms with Crippen molar-refractivity contribution in [2.75, 3.05) is 10.6 Å². The van der Waals surface area contributed by atoms with Crippen molar-refractivity contribution in [2.24, 2.45) is 0 Å². The molecule has 0 unspecified atom stereocenters. The molecule has 0 bridgehead atoms. The highest BCUT2D eigenvalue weighted by molar-refractivity contribution is 6.33. The maximum atomic E-state index is 12.8. The molecule has 23 heavy (non-hydrogen) atoms. The fourth-order valence-electron chi connectivity index (χ4n) is 1.79. The lowest BCUT2D eigenvalue weighted by atomic mass is 10.1. The molecule has 0 aliphatic carbocycles. The Bertz CT molecular complexity index is 696. The highest BCUT2D eigenvalue weighted by atomic mass is 35.5. The summed E-state index contributed by atoms with van der Waals surface area (Å²) >= 11 is 5.94. The molecule has 1 heterocycles. The number of rotatable bonds is 3. The average Bonchev–Trinajstić information content (AvgIpc) is 2.38. The molecule has 0 aliphatic rings. The monoisotopic (exact) mass is 344 g/mol. The predicted octanol–water partition coefficient (Wildman–Crippen LogP) is 5.10. The largest absolute Gasteiger partial charge is 0.416 e. The van der Waals surface area contributed by atoms with E-state index < -0.39 is 11.7 Å². The van der Waals surface area contributed by atoms with Crippen molar-refractivity contribution >= 4 is 29.1 Å². The van der Waals surface area contributed by atoms with Crippen LogP contribution in [0.2, 0.25) is 5.02 Å². The molecule has 2 rings (SSSR count). The summed E-state index contributed by atoms with van der Waals surface area (Å²) in [5.41, 5.74) is -0.915. The van der Waals surface area contributed by atoms with Gasteiger partial charge in [0, 0.05) is 11.7 Å². The molecule has 0 saturated heterocycles. The van der Waals surface area contributed by atoms with Crippen molar-refractivity contribution in [3.05, 3.63) is 41.0 Å². The van der Waals surface area contributed by atoms with E-state index in [0.29, 0.717) is 5.82 Å². The molecule has 0 saturated carbocycles. The van der Waals surface area contributed by atoms with Crippen LogP contribution in [0, 0.1) is 0 Å². The van der Waals surface area contributed by atoms with Gasteiger partial charge in [-0.25, -0.2) is 4.98 Å². The van der Waals surface area contributed by atoms with Crippen LogP contribution >= 0.6 is 11.6 Å². The van der Waals surface area contributed by atoms with Crippen molar-refractivity contribution < 1.29 is 13.2 Å². The summed E-state index contributed by atoms with van der Waals surface area (Å²) in [4.78, 5) is 8.21. The number of nitrogens with zero attached hydrogens (tertiary/aromatic N) is 2. The zero-order valence-corrected chi connectivity index (χ0v) is 13.5. The van der Waals surface area contributed by atoms with Gasteiger partial charge in [-0.1, -0.05) is 11.6 Å². The normalized spacial score (nSPS) is 12.1. The lowest BCUT2D eigenvalue weighted by Crippen LogP contribution is -2.26. The lowest BCUT2D eigenvalue weighted by Gasteiger charge is -2.21. The Labute approximate surface area is 137 Å². The van der Waals surface area contributed by atoms with E-state index in [1.807, 2.05) is 20.8 Å². The van der Waals surface area contributed by atoms with Gasteiger partial charge in [0.05, 0.1) is 16.3 Å². The number of nitrogens with one attached hydrogen (secondary N) is 2. The van der Waals surface area contributed by atoms with Crippen molar-refractivity contribution in [1.82, 2.24) is 9.97 Å². The van der Waals surface area contributed by atoms with Gasteiger partial charge in [0.2, 0.25) is 5.95 Å². The molecule has 2 N–H and O–H groups in total. The van der Waals surface area contributed by atoms with E-state index in [-0.39, 0.29) is 22.2 Å². The molecule has 0 atom stereocenters. The second-order valence-electron chi connectivity index (χ2n) is 5.96. The number of benzene rings is 1. The van der Waals surface area contributed by atoms with Crippen molar-refractivity contribution in [3.63, 3.8) is 0 Å². The van der Waals surface area contributed by atoms with Gasteiger partial charge < -0.3 is 10.6 Å². The molecule has 8 heteroatoms. The van der Waals surface area contributed by atoms with Crippen LogP contribution in [0.5, 0.6) is 0 Å². The van der Waals surface area contributed by atoms with Crippen LogP contribution in [-0.4, -0.2) is 15.5 Å². The smallest absolute Gasteiger partial charge is 0.365 e. The number of aromatic nitrogens is 2. The van der Waals surface area contributed by atoms with Crippen molar-refractivity contribution in [2.45, 2.75) is 32.5 Å². The van der Waals surface area contributed by atoms with Crippen LogP contribution in [0.15, 0.2) is 30.5 Å². The number of hydrogen-bond acceptors (Lipinski definition) is 4. The SMILES string of the molecule is CC(C)(C)Nc1ccnc(Nc2cc(C(F)(F)F)ccc2Cl)n1. The van der Waals surface area contributed by atoms with Gasteiger partial charge in [0.15, 0.2) is 0 Å². The number of hydrogen-bond donors (Lipinski definition) is 2. The molecular weight excluding hydrogens is 329 g/mol. The van der Waals surface area contributed by atoms with Crippen LogP contribution in [0.4, 0.5) is 30.6 Å². The maximum Gasteiger partial charge on any atom is 0.416 e. The van der Waals surface area contributed by atoms with Gasteiger partial charge in [-0.2, -0.15) is 18.2 Å². The van der Waals surface area contributed by atoms with Gasteiger partial charge in [-0.05, 0) is 45.0 Å². The Morgan fingerprint density at radius 3 is 2.39 bits per heavy atom. The Hall–Kier alpha value is -2.02.